The van der Waals surface area contributed by atoms with E-state index < -0.39 is 0 Å². The molecule has 0 unspecified atom stereocenters. The molecule has 0 fully saturated rings. The lowest BCUT2D eigenvalue weighted by Gasteiger charge is -2.26. The molecule has 0 amide bonds. The van der Waals surface area contributed by atoms with Gasteiger partial charge in [-0.2, -0.15) is 0 Å². The first-order chi connectivity index (χ1) is 19.4. The maximum absolute atomic E-state index is 2.39. The Morgan fingerprint density at radius 3 is 1.08 bits per heavy atom. The minimum Gasteiger partial charge on any atom is -0.310 e. The van der Waals surface area contributed by atoms with Gasteiger partial charge in [-0.05, 0) is 90.3 Å². The SMILES string of the molecule is c1ccc(N(c2ccccc2)c2ccc3c4ccccc4c4c5ccccc5c5ccccc5c4c3c2)cc1. The highest BCUT2D eigenvalue weighted by molar-refractivity contribution is 6.39. The van der Waals surface area contributed by atoms with Gasteiger partial charge in [0.05, 0.1) is 0 Å². The predicted octanol–water partition coefficient (Wildman–Crippen LogP) is 10.9. The Morgan fingerprint density at radius 2 is 0.615 bits per heavy atom. The molecule has 0 bridgehead atoms. The highest BCUT2D eigenvalue weighted by atomic mass is 15.1. The number of hydrogen-bond donors (Lipinski definition) is 0. The second kappa shape index (κ2) is 8.72. The van der Waals surface area contributed by atoms with Crippen molar-refractivity contribution in [2.75, 3.05) is 4.90 Å². The number of nitrogens with zero attached hydrogens (tertiary/aromatic N) is 1. The van der Waals surface area contributed by atoms with Crippen LogP contribution in [0.4, 0.5) is 17.1 Å². The number of para-hydroxylation sites is 2. The van der Waals surface area contributed by atoms with Crippen molar-refractivity contribution < 1.29 is 0 Å². The summed E-state index contributed by atoms with van der Waals surface area (Å²) in [6.07, 6.45) is 0. The monoisotopic (exact) mass is 495 g/mol. The van der Waals surface area contributed by atoms with Crippen LogP contribution in [0.1, 0.15) is 0 Å². The van der Waals surface area contributed by atoms with Crippen LogP contribution in [0.3, 0.4) is 0 Å². The van der Waals surface area contributed by atoms with E-state index in [0.717, 1.165) is 17.1 Å². The fourth-order valence-electron chi connectivity index (χ4n) is 6.35. The first kappa shape index (κ1) is 21.9. The van der Waals surface area contributed by atoms with Crippen LogP contribution in [0, 0.1) is 0 Å². The molecule has 0 saturated heterocycles. The second-order valence-corrected chi connectivity index (χ2v) is 10.1. The summed E-state index contributed by atoms with van der Waals surface area (Å²) in [5.41, 5.74) is 3.43. The fraction of sp³-hybridized carbons (Fsp3) is 0. The van der Waals surface area contributed by atoms with Crippen LogP contribution in [-0.4, -0.2) is 0 Å². The molecular weight excluding hydrogens is 470 g/mol. The number of rotatable bonds is 3. The van der Waals surface area contributed by atoms with Gasteiger partial charge in [-0.15, -0.1) is 0 Å². The molecule has 1 nitrogen and oxygen atoms in total. The molecule has 0 spiro atoms. The van der Waals surface area contributed by atoms with Crippen LogP contribution < -0.4 is 4.90 Å². The Hall–Kier alpha value is -5.14. The van der Waals surface area contributed by atoms with Crippen LogP contribution in [0.5, 0.6) is 0 Å². The smallest absolute Gasteiger partial charge is 0.0468 e. The van der Waals surface area contributed by atoms with E-state index in [1.54, 1.807) is 0 Å². The third-order valence-corrected chi connectivity index (χ3v) is 7.98. The molecule has 0 aliphatic rings. The van der Waals surface area contributed by atoms with Crippen LogP contribution >= 0.6 is 0 Å². The van der Waals surface area contributed by atoms with Gasteiger partial charge >= 0.3 is 0 Å². The fourth-order valence-corrected chi connectivity index (χ4v) is 6.35. The van der Waals surface area contributed by atoms with Gasteiger partial charge in [-0.3, -0.25) is 0 Å². The quantitative estimate of drug-likeness (QED) is 0.220. The van der Waals surface area contributed by atoms with E-state index in [9.17, 15) is 0 Å². The topological polar surface area (TPSA) is 3.24 Å². The lowest BCUT2D eigenvalue weighted by molar-refractivity contribution is 1.29. The second-order valence-electron chi connectivity index (χ2n) is 10.1. The van der Waals surface area contributed by atoms with E-state index in [1.165, 1.54) is 53.9 Å². The van der Waals surface area contributed by atoms with Gasteiger partial charge in [0.2, 0.25) is 0 Å². The third-order valence-electron chi connectivity index (χ3n) is 7.98. The molecule has 0 aliphatic heterocycles. The standard InChI is InChI=1S/C38H25N/c1-3-13-26(14-4-1)39(27-15-5-2-6-16-27)28-23-24-32-31-19-9-11-21-34(31)37-33-20-10-7-17-29(33)30-18-8-12-22-35(30)38(37)36(32)25-28/h1-25H. The van der Waals surface area contributed by atoms with Crippen molar-refractivity contribution >= 4 is 70.9 Å². The average molecular weight is 496 g/mol. The summed E-state index contributed by atoms with van der Waals surface area (Å²) >= 11 is 0. The molecule has 8 aromatic rings. The zero-order valence-electron chi connectivity index (χ0n) is 21.4. The molecule has 0 aliphatic carbocycles. The zero-order valence-corrected chi connectivity index (χ0v) is 21.4. The summed E-state index contributed by atoms with van der Waals surface area (Å²) in [5, 5.41) is 13.0. The highest BCUT2D eigenvalue weighted by Crippen LogP contribution is 2.45. The Labute approximate surface area is 227 Å². The predicted molar refractivity (Wildman–Crippen MR) is 169 cm³/mol. The molecule has 0 N–H and O–H groups in total. The normalized spacial score (nSPS) is 11.6. The summed E-state index contributed by atoms with van der Waals surface area (Å²) in [6, 6.07) is 54.9. The lowest BCUT2D eigenvalue weighted by atomic mass is 9.87. The maximum atomic E-state index is 2.39. The van der Waals surface area contributed by atoms with Crippen molar-refractivity contribution in [2.45, 2.75) is 0 Å². The highest BCUT2D eigenvalue weighted by Gasteiger charge is 2.18. The Morgan fingerprint density at radius 1 is 0.256 bits per heavy atom. The molecule has 182 valence electrons. The maximum Gasteiger partial charge on any atom is 0.0468 e. The molecule has 8 rings (SSSR count). The molecule has 0 saturated carbocycles. The Bertz CT molecular complexity index is 2110. The third kappa shape index (κ3) is 3.34. The van der Waals surface area contributed by atoms with Crippen LogP contribution in [0.25, 0.3) is 53.9 Å². The average Bonchev–Trinajstić information content (AvgIpc) is 3.02. The summed E-state index contributed by atoms with van der Waals surface area (Å²) in [4.78, 5) is 2.35. The van der Waals surface area contributed by atoms with E-state index in [2.05, 4.69) is 157 Å². The van der Waals surface area contributed by atoms with Crippen molar-refractivity contribution in [3.05, 3.63) is 152 Å². The van der Waals surface area contributed by atoms with E-state index in [1.807, 2.05) is 0 Å². The van der Waals surface area contributed by atoms with Crippen LogP contribution in [0.2, 0.25) is 0 Å². The molecule has 1 heteroatoms. The van der Waals surface area contributed by atoms with Crippen molar-refractivity contribution in [3.8, 4) is 0 Å². The lowest BCUT2D eigenvalue weighted by Crippen LogP contribution is -2.09. The van der Waals surface area contributed by atoms with Crippen LogP contribution in [0.15, 0.2) is 152 Å². The van der Waals surface area contributed by atoms with Gasteiger partial charge < -0.3 is 4.90 Å². The number of anilines is 3. The largest absolute Gasteiger partial charge is 0.310 e. The van der Waals surface area contributed by atoms with Crippen molar-refractivity contribution in [1.29, 1.82) is 0 Å². The number of benzene rings is 8. The first-order valence-corrected chi connectivity index (χ1v) is 13.5. The van der Waals surface area contributed by atoms with E-state index in [-0.39, 0.29) is 0 Å². The van der Waals surface area contributed by atoms with Crippen LogP contribution in [-0.2, 0) is 0 Å². The van der Waals surface area contributed by atoms with Gasteiger partial charge in [-0.25, -0.2) is 0 Å². The van der Waals surface area contributed by atoms with E-state index >= 15 is 0 Å². The molecular formula is C38H25N. The molecule has 0 atom stereocenters. The van der Waals surface area contributed by atoms with Gasteiger partial charge in [0.1, 0.15) is 0 Å². The minimum atomic E-state index is 1.14. The molecule has 39 heavy (non-hydrogen) atoms. The van der Waals surface area contributed by atoms with Crippen molar-refractivity contribution in [1.82, 2.24) is 0 Å². The van der Waals surface area contributed by atoms with Crippen molar-refractivity contribution in [3.63, 3.8) is 0 Å². The number of fused-ring (bicyclic) bond motifs is 11. The van der Waals surface area contributed by atoms with Gasteiger partial charge in [-0.1, -0.05) is 115 Å². The minimum absolute atomic E-state index is 1.14. The van der Waals surface area contributed by atoms with E-state index in [0.29, 0.717) is 0 Å². The van der Waals surface area contributed by atoms with Gasteiger partial charge in [0.25, 0.3) is 0 Å². The molecule has 0 aromatic heterocycles. The van der Waals surface area contributed by atoms with E-state index in [4.69, 9.17) is 0 Å². The van der Waals surface area contributed by atoms with Gasteiger partial charge in [0, 0.05) is 17.1 Å². The summed E-state index contributed by atoms with van der Waals surface area (Å²) < 4.78 is 0. The summed E-state index contributed by atoms with van der Waals surface area (Å²) in [5.74, 6) is 0. The summed E-state index contributed by atoms with van der Waals surface area (Å²) in [7, 11) is 0. The molecule has 8 aromatic carbocycles. The summed E-state index contributed by atoms with van der Waals surface area (Å²) in [6.45, 7) is 0. The van der Waals surface area contributed by atoms with Crippen molar-refractivity contribution in [2.24, 2.45) is 0 Å². The number of hydrogen-bond acceptors (Lipinski definition) is 1. The Balaban J connectivity index is 1.58. The zero-order chi connectivity index (χ0) is 25.8. The Kier molecular flexibility index (Phi) is 4.89. The van der Waals surface area contributed by atoms with Gasteiger partial charge in [0.15, 0.2) is 0 Å². The molecule has 0 radical (unpaired) electrons. The first-order valence-electron chi connectivity index (χ1n) is 13.5. The molecule has 0 heterocycles.